The summed E-state index contributed by atoms with van der Waals surface area (Å²) in [6.45, 7) is 3.54. The first-order valence-electron chi connectivity index (χ1n) is 5.60. The summed E-state index contributed by atoms with van der Waals surface area (Å²) < 4.78 is 0. The average molecular weight is 219 g/mol. The third-order valence-electron chi connectivity index (χ3n) is 3.04. The molecule has 2 heterocycles. The highest BCUT2D eigenvalue weighted by molar-refractivity contribution is 5.94. The van der Waals surface area contributed by atoms with E-state index in [1.54, 1.807) is 6.20 Å². The quantitative estimate of drug-likeness (QED) is 0.801. The molecular formula is C12H17N3O. The number of hydrogen-bond acceptors (Lipinski definition) is 3. The number of carbonyl (C=O) groups excluding carboxylic acids is 1. The zero-order chi connectivity index (χ0) is 11.5. The van der Waals surface area contributed by atoms with Crippen LogP contribution in [0.4, 0.5) is 0 Å². The van der Waals surface area contributed by atoms with Gasteiger partial charge in [-0.2, -0.15) is 0 Å². The zero-order valence-electron chi connectivity index (χ0n) is 9.73. The van der Waals surface area contributed by atoms with Crippen molar-refractivity contribution in [3.8, 4) is 0 Å². The molecule has 1 aliphatic rings. The van der Waals surface area contributed by atoms with Gasteiger partial charge in [-0.1, -0.05) is 0 Å². The number of hydrogen-bond donors (Lipinski definition) is 1. The number of nitrogens with one attached hydrogen (secondary N) is 1. The second-order valence-electron chi connectivity index (χ2n) is 4.21. The lowest BCUT2D eigenvalue weighted by molar-refractivity contribution is 0.0789. The van der Waals surface area contributed by atoms with Gasteiger partial charge in [0.25, 0.3) is 5.91 Å². The SMILES string of the molecule is CNC1CCN(C(=O)c2ccc(C)nc2)C1. The fraction of sp³-hybridized carbons (Fsp3) is 0.500. The normalized spacial score (nSPS) is 20.1. The fourth-order valence-corrected chi connectivity index (χ4v) is 1.96. The van der Waals surface area contributed by atoms with Gasteiger partial charge in [0, 0.05) is 31.0 Å². The first-order chi connectivity index (χ1) is 7.70. The number of aromatic nitrogens is 1. The Bertz CT molecular complexity index is 374. The van der Waals surface area contributed by atoms with E-state index < -0.39 is 0 Å². The van der Waals surface area contributed by atoms with Gasteiger partial charge in [0.15, 0.2) is 0 Å². The maximum atomic E-state index is 12.1. The van der Waals surface area contributed by atoms with Crippen molar-refractivity contribution in [2.45, 2.75) is 19.4 Å². The van der Waals surface area contributed by atoms with Crippen molar-refractivity contribution in [3.63, 3.8) is 0 Å². The predicted octanol–water partition coefficient (Wildman–Crippen LogP) is 0.824. The Kier molecular flexibility index (Phi) is 3.19. The monoisotopic (exact) mass is 219 g/mol. The second-order valence-corrected chi connectivity index (χ2v) is 4.21. The number of carbonyl (C=O) groups is 1. The largest absolute Gasteiger partial charge is 0.337 e. The Hall–Kier alpha value is -1.42. The number of nitrogens with zero attached hydrogens (tertiary/aromatic N) is 2. The summed E-state index contributed by atoms with van der Waals surface area (Å²) in [5.41, 5.74) is 1.62. The summed E-state index contributed by atoms with van der Waals surface area (Å²) in [7, 11) is 1.94. The maximum Gasteiger partial charge on any atom is 0.255 e. The van der Waals surface area contributed by atoms with E-state index in [1.807, 2.05) is 31.0 Å². The minimum absolute atomic E-state index is 0.0882. The van der Waals surface area contributed by atoms with Crippen LogP contribution in [-0.2, 0) is 0 Å². The molecule has 0 bridgehead atoms. The molecule has 1 saturated heterocycles. The highest BCUT2D eigenvalue weighted by atomic mass is 16.2. The molecule has 16 heavy (non-hydrogen) atoms. The van der Waals surface area contributed by atoms with Crippen LogP contribution in [0.15, 0.2) is 18.3 Å². The molecule has 1 fully saturated rings. The predicted molar refractivity (Wildman–Crippen MR) is 62.3 cm³/mol. The molecular weight excluding hydrogens is 202 g/mol. The Morgan fingerprint density at radius 3 is 2.94 bits per heavy atom. The first-order valence-corrected chi connectivity index (χ1v) is 5.60. The van der Waals surface area contributed by atoms with Crippen molar-refractivity contribution in [2.75, 3.05) is 20.1 Å². The molecule has 1 N–H and O–H groups in total. The highest BCUT2D eigenvalue weighted by Crippen LogP contribution is 2.13. The topological polar surface area (TPSA) is 45.2 Å². The van der Waals surface area contributed by atoms with Gasteiger partial charge in [-0.3, -0.25) is 9.78 Å². The van der Waals surface area contributed by atoms with Gasteiger partial charge in [0.2, 0.25) is 0 Å². The van der Waals surface area contributed by atoms with Crippen molar-refractivity contribution in [3.05, 3.63) is 29.6 Å². The molecule has 0 spiro atoms. The number of amides is 1. The Morgan fingerprint density at radius 2 is 2.38 bits per heavy atom. The summed E-state index contributed by atoms with van der Waals surface area (Å²) in [4.78, 5) is 18.1. The Labute approximate surface area is 95.7 Å². The van der Waals surface area contributed by atoms with Crippen LogP contribution in [-0.4, -0.2) is 42.0 Å². The van der Waals surface area contributed by atoms with Crippen molar-refractivity contribution >= 4 is 5.91 Å². The molecule has 4 nitrogen and oxygen atoms in total. The van der Waals surface area contributed by atoms with Crippen LogP contribution in [0.2, 0.25) is 0 Å². The molecule has 2 rings (SSSR count). The van der Waals surface area contributed by atoms with Gasteiger partial charge in [0.1, 0.15) is 0 Å². The summed E-state index contributed by atoms with van der Waals surface area (Å²) in [6, 6.07) is 4.15. The van der Waals surface area contributed by atoms with E-state index in [0.29, 0.717) is 11.6 Å². The second kappa shape index (κ2) is 4.61. The van der Waals surface area contributed by atoms with E-state index >= 15 is 0 Å². The number of likely N-dealkylation sites (N-methyl/N-ethyl adjacent to an activating group) is 1. The molecule has 1 atom stereocenters. The molecule has 86 valence electrons. The van der Waals surface area contributed by atoms with Crippen LogP contribution < -0.4 is 5.32 Å². The van der Waals surface area contributed by atoms with E-state index in [-0.39, 0.29) is 5.91 Å². The maximum absolute atomic E-state index is 12.1. The molecule has 0 saturated carbocycles. The van der Waals surface area contributed by atoms with E-state index in [4.69, 9.17) is 0 Å². The van der Waals surface area contributed by atoms with Crippen molar-refractivity contribution in [1.29, 1.82) is 0 Å². The van der Waals surface area contributed by atoms with Gasteiger partial charge in [-0.05, 0) is 32.5 Å². The minimum atomic E-state index is 0.0882. The molecule has 1 unspecified atom stereocenters. The molecule has 0 aromatic carbocycles. The van der Waals surface area contributed by atoms with Crippen LogP contribution in [0.3, 0.4) is 0 Å². The molecule has 1 aromatic heterocycles. The van der Waals surface area contributed by atoms with Crippen molar-refractivity contribution in [1.82, 2.24) is 15.2 Å². The van der Waals surface area contributed by atoms with Crippen molar-refractivity contribution < 1.29 is 4.79 Å². The minimum Gasteiger partial charge on any atom is -0.337 e. The van der Waals surface area contributed by atoms with Crippen LogP contribution in [0, 0.1) is 6.92 Å². The first kappa shape index (κ1) is 11.1. The van der Waals surface area contributed by atoms with E-state index in [0.717, 1.165) is 25.2 Å². The molecule has 1 amide bonds. The van der Waals surface area contributed by atoms with Crippen molar-refractivity contribution in [2.24, 2.45) is 0 Å². The zero-order valence-corrected chi connectivity index (χ0v) is 9.73. The Morgan fingerprint density at radius 1 is 1.56 bits per heavy atom. The molecule has 4 heteroatoms. The lowest BCUT2D eigenvalue weighted by atomic mass is 10.2. The number of likely N-dealkylation sites (tertiary alicyclic amines) is 1. The van der Waals surface area contributed by atoms with Gasteiger partial charge in [-0.15, -0.1) is 0 Å². The summed E-state index contributed by atoms with van der Waals surface area (Å²) >= 11 is 0. The van der Waals surface area contributed by atoms with Gasteiger partial charge >= 0.3 is 0 Å². The van der Waals surface area contributed by atoms with Crippen LogP contribution in [0.1, 0.15) is 22.5 Å². The summed E-state index contributed by atoms with van der Waals surface area (Å²) in [5.74, 6) is 0.0882. The lowest BCUT2D eigenvalue weighted by Crippen LogP contribution is -2.33. The molecule has 1 aliphatic heterocycles. The van der Waals surface area contributed by atoms with E-state index in [9.17, 15) is 4.79 Å². The standard InChI is InChI=1S/C12H17N3O/c1-9-3-4-10(7-14-9)12(16)15-6-5-11(8-15)13-2/h3-4,7,11,13H,5-6,8H2,1-2H3. The lowest BCUT2D eigenvalue weighted by Gasteiger charge is -2.16. The summed E-state index contributed by atoms with van der Waals surface area (Å²) in [5, 5.41) is 3.20. The fourth-order valence-electron chi connectivity index (χ4n) is 1.96. The Balaban J connectivity index is 2.05. The highest BCUT2D eigenvalue weighted by Gasteiger charge is 2.25. The van der Waals surface area contributed by atoms with Crippen LogP contribution >= 0.6 is 0 Å². The van der Waals surface area contributed by atoms with Gasteiger partial charge in [0.05, 0.1) is 5.56 Å². The average Bonchev–Trinajstić information content (AvgIpc) is 2.77. The van der Waals surface area contributed by atoms with Crippen LogP contribution in [0.25, 0.3) is 0 Å². The van der Waals surface area contributed by atoms with Crippen LogP contribution in [0.5, 0.6) is 0 Å². The van der Waals surface area contributed by atoms with E-state index in [1.165, 1.54) is 0 Å². The number of rotatable bonds is 2. The third-order valence-corrected chi connectivity index (χ3v) is 3.04. The van der Waals surface area contributed by atoms with E-state index in [2.05, 4.69) is 10.3 Å². The number of aryl methyl sites for hydroxylation is 1. The van der Waals surface area contributed by atoms with Gasteiger partial charge < -0.3 is 10.2 Å². The smallest absolute Gasteiger partial charge is 0.255 e. The van der Waals surface area contributed by atoms with Gasteiger partial charge in [-0.25, -0.2) is 0 Å². The molecule has 0 aliphatic carbocycles. The molecule has 0 radical (unpaired) electrons. The summed E-state index contributed by atoms with van der Waals surface area (Å²) in [6.07, 6.45) is 2.69. The number of pyridine rings is 1. The third kappa shape index (κ3) is 2.22. The molecule has 1 aromatic rings.